The number of hydrogen-bond acceptors (Lipinski definition) is 2. The molecule has 1 amide bonds. The second-order valence-corrected chi connectivity index (χ2v) is 4.73. The van der Waals surface area contributed by atoms with Gasteiger partial charge in [0.15, 0.2) is 0 Å². The molecule has 3 nitrogen and oxygen atoms in total. The summed E-state index contributed by atoms with van der Waals surface area (Å²) < 4.78 is 12.9. The first kappa shape index (κ1) is 14.9. The predicted molar refractivity (Wildman–Crippen MR) is 81.9 cm³/mol. The summed E-state index contributed by atoms with van der Waals surface area (Å²) in [6, 6.07) is 13.3. The highest BCUT2D eigenvalue weighted by molar-refractivity contribution is 6.02. The van der Waals surface area contributed by atoms with Crippen molar-refractivity contribution in [2.24, 2.45) is 5.10 Å². The van der Waals surface area contributed by atoms with Gasteiger partial charge in [0.2, 0.25) is 0 Å². The van der Waals surface area contributed by atoms with Crippen LogP contribution in [0.5, 0.6) is 0 Å². The first-order valence-corrected chi connectivity index (χ1v) is 6.79. The van der Waals surface area contributed by atoms with Gasteiger partial charge in [-0.3, -0.25) is 4.79 Å². The molecule has 0 atom stereocenters. The number of nitrogens with zero attached hydrogens (tertiary/aromatic N) is 1. The lowest BCUT2D eigenvalue weighted by atomic mass is 10.1. The number of hydrazone groups is 1. The number of rotatable bonds is 4. The third-order valence-corrected chi connectivity index (χ3v) is 3.12. The maximum Gasteiger partial charge on any atom is 0.271 e. The van der Waals surface area contributed by atoms with Crippen molar-refractivity contribution < 1.29 is 9.18 Å². The SMILES string of the molecule is CC/C(=N/NC(=O)c1ccc(C)cc1)c1ccc(F)cc1. The molecule has 2 rings (SSSR count). The highest BCUT2D eigenvalue weighted by Crippen LogP contribution is 2.07. The van der Waals surface area contributed by atoms with Crippen LogP contribution in [0.4, 0.5) is 4.39 Å². The molecule has 0 bridgehead atoms. The Bertz CT molecular complexity index is 645. The van der Waals surface area contributed by atoms with Crippen LogP contribution in [0.15, 0.2) is 53.6 Å². The van der Waals surface area contributed by atoms with Crippen LogP contribution in [0.2, 0.25) is 0 Å². The number of carbonyl (C=O) groups excluding carboxylic acids is 1. The summed E-state index contributed by atoms with van der Waals surface area (Å²) in [6.45, 7) is 3.89. The molecule has 0 saturated carbocycles. The van der Waals surface area contributed by atoms with Crippen molar-refractivity contribution in [2.45, 2.75) is 20.3 Å². The number of carbonyl (C=O) groups is 1. The number of halogens is 1. The molecule has 0 saturated heterocycles. The van der Waals surface area contributed by atoms with E-state index in [1.807, 2.05) is 26.0 Å². The number of amides is 1. The molecule has 21 heavy (non-hydrogen) atoms. The Hall–Kier alpha value is -2.49. The summed E-state index contributed by atoms with van der Waals surface area (Å²) in [5, 5.41) is 4.14. The first-order valence-electron chi connectivity index (χ1n) is 6.79. The van der Waals surface area contributed by atoms with Gasteiger partial charge < -0.3 is 0 Å². The molecule has 0 unspecified atom stereocenters. The molecule has 0 fully saturated rings. The zero-order valence-corrected chi connectivity index (χ0v) is 12.1. The largest absolute Gasteiger partial charge is 0.271 e. The summed E-state index contributed by atoms with van der Waals surface area (Å²) in [4.78, 5) is 12.0. The van der Waals surface area contributed by atoms with E-state index in [0.717, 1.165) is 11.1 Å². The molecule has 0 spiro atoms. The summed E-state index contributed by atoms with van der Waals surface area (Å²) in [5.41, 5.74) is 5.68. The van der Waals surface area contributed by atoms with Crippen molar-refractivity contribution >= 4 is 11.6 Å². The van der Waals surface area contributed by atoms with Gasteiger partial charge >= 0.3 is 0 Å². The van der Waals surface area contributed by atoms with Crippen LogP contribution in [-0.2, 0) is 0 Å². The van der Waals surface area contributed by atoms with E-state index in [2.05, 4.69) is 10.5 Å². The zero-order valence-electron chi connectivity index (χ0n) is 12.1. The summed E-state index contributed by atoms with van der Waals surface area (Å²) in [7, 11) is 0. The van der Waals surface area contributed by atoms with Gasteiger partial charge in [0, 0.05) is 5.56 Å². The number of aryl methyl sites for hydroxylation is 1. The molecule has 0 heterocycles. The fraction of sp³-hybridized carbons (Fsp3) is 0.176. The minimum Gasteiger partial charge on any atom is -0.267 e. The Kier molecular flexibility index (Phi) is 4.82. The van der Waals surface area contributed by atoms with Gasteiger partial charge in [0.05, 0.1) is 5.71 Å². The molecule has 108 valence electrons. The van der Waals surface area contributed by atoms with E-state index < -0.39 is 0 Å². The lowest BCUT2D eigenvalue weighted by Gasteiger charge is -2.05. The maximum atomic E-state index is 12.9. The topological polar surface area (TPSA) is 41.5 Å². The molecule has 0 radical (unpaired) electrons. The van der Waals surface area contributed by atoms with Crippen molar-refractivity contribution in [1.82, 2.24) is 5.43 Å². The number of nitrogens with one attached hydrogen (secondary N) is 1. The van der Waals surface area contributed by atoms with E-state index in [9.17, 15) is 9.18 Å². The Morgan fingerprint density at radius 2 is 1.62 bits per heavy atom. The van der Waals surface area contributed by atoms with Gasteiger partial charge in [-0.25, -0.2) is 9.82 Å². The zero-order chi connectivity index (χ0) is 15.2. The minimum absolute atomic E-state index is 0.261. The smallest absolute Gasteiger partial charge is 0.267 e. The van der Waals surface area contributed by atoms with Crippen LogP contribution in [-0.4, -0.2) is 11.6 Å². The lowest BCUT2D eigenvalue weighted by Crippen LogP contribution is -2.20. The van der Waals surface area contributed by atoms with Gasteiger partial charge in [-0.2, -0.15) is 5.10 Å². The monoisotopic (exact) mass is 284 g/mol. The number of hydrogen-bond donors (Lipinski definition) is 1. The molecule has 2 aromatic carbocycles. The summed E-state index contributed by atoms with van der Waals surface area (Å²) in [6.07, 6.45) is 0.639. The van der Waals surface area contributed by atoms with Gasteiger partial charge in [-0.05, 0) is 43.2 Å². The molecule has 0 aliphatic rings. The third-order valence-electron chi connectivity index (χ3n) is 3.12. The van der Waals surface area contributed by atoms with Crippen molar-refractivity contribution in [3.05, 3.63) is 71.0 Å². The lowest BCUT2D eigenvalue weighted by molar-refractivity contribution is 0.0955. The van der Waals surface area contributed by atoms with Crippen molar-refractivity contribution in [3.8, 4) is 0 Å². The van der Waals surface area contributed by atoms with E-state index in [4.69, 9.17) is 0 Å². The number of benzene rings is 2. The molecule has 0 aliphatic heterocycles. The van der Waals surface area contributed by atoms with E-state index in [0.29, 0.717) is 17.7 Å². The van der Waals surface area contributed by atoms with Crippen molar-refractivity contribution in [3.63, 3.8) is 0 Å². The van der Waals surface area contributed by atoms with E-state index in [1.165, 1.54) is 12.1 Å². The quantitative estimate of drug-likeness (QED) is 0.675. The predicted octanol–water partition coefficient (Wildman–Crippen LogP) is 3.68. The van der Waals surface area contributed by atoms with Gasteiger partial charge in [-0.15, -0.1) is 0 Å². The van der Waals surface area contributed by atoms with Gasteiger partial charge in [0.25, 0.3) is 5.91 Å². The van der Waals surface area contributed by atoms with Gasteiger partial charge in [0.1, 0.15) is 5.82 Å². The summed E-state index contributed by atoms with van der Waals surface area (Å²) >= 11 is 0. The van der Waals surface area contributed by atoms with Crippen molar-refractivity contribution in [1.29, 1.82) is 0 Å². The Balaban J connectivity index is 2.12. The maximum absolute atomic E-state index is 12.9. The van der Waals surface area contributed by atoms with Crippen LogP contribution in [0, 0.1) is 12.7 Å². The highest BCUT2D eigenvalue weighted by Gasteiger charge is 2.06. The molecule has 1 N–H and O–H groups in total. The van der Waals surface area contributed by atoms with E-state index >= 15 is 0 Å². The van der Waals surface area contributed by atoms with Crippen LogP contribution in [0.3, 0.4) is 0 Å². The molecular weight excluding hydrogens is 267 g/mol. The molecule has 2 aromatic rings. The molecule has 0 aromatic heterocycles. The first-order chi connectivity index (χ1) is 10.1. The average molecular weight is 284 g/mol. The Morgan fingerprint density at radius 1 is 1.05 bits per heavy atom. The highest BCUT2D eigenvalue weighted by atomic mass is 19.1. The van der Waals surface area contributed by atoms with Crippen LogP contribution in [0.1, 0.15) is 34.8 Å². The second kappa shape index (κ2) is 6.79. The average Bonchev–Trinajstić information content (AvgIpc) is 2.50. The van der Waals surface area contributed by atoms with E-state index in [-0.39, 0.29) is 11.7 Å². The second-order valence-electron chi connectivity index (χ2n) is 4.73. The fourth-order valence-electron chi connectivity index (χ4n) is 1.88. The normalized spacial score (nSPS) is 11.3. The van der Waals surface area contributed by atoms with Crippen molar-refractivity contribution in [2.75, 3.05) is 0 Å². The Morgan fingerprint density at radius 3 is 2.19 bits per heavy atom. The van der Waals surface area contributed by atoms with Crippen LogP contribution in [0.25, 0.3) is 0 Å². The minimum atomic E-state index is -0.294. The molecule has 4 heteroatoms. The standard InChI is InChI=1S/C17H17FN2O/c1-3-16(13-8-10-15(18)11-9-13)19-20-17(21)14-6-4-12(2)5-7-14/h4-11H,3H2,1-2H3,(H,20,21)/b19-16-. The van der Waals surface area contributed by atoms with Gasteiger partial charge in [-0.1, -0.05) is 36.8 Å². The third kappa shape index (κ3) is 3.99. The fourth-order valence-corrected chi connectivity index (χ4v) is 1.88. The molecule has 0 aliphatic carbocycles. The van der Waals surface area contributed by atoms with Crippen LogP contribution >= 0.6 is 0 Å². The van der Waals surface area contributed by atoms with E-state index in [1.54, 1.807) is 24.3 Å². The van der Waals surface area contributed by atoms with Crippen LogP contribution < -0.4 is 5.43 Å². The molecular formula is C17H17FN2O. The Labute approximate surface area is 123 Å². The summed E-state index contributed by atoms with van der Waals surface area (Å²) in [5.74, 6) is -0.555.